The fourth-order valence-corrected chi connectivity index (χ4v) is 3.42. The fraction of sp³-hybridized carbons (Fsp3) is 0.190. The summed E-state index contributed by atoms with van der Waals surface area (Å²) in [4.78, 5) is 17.1. The van der Waals surface area contributed by atoms with Gasteiger partial charge in [0.1, 0.15) is 29.2 Å². The number of hydrogen-bond acceptors (Lipinski definition) is 6. The number of aryl methyl sites for hydroxylation is 1. The van der Waals surface area contributed by atoms with E-state index in [9.17, 15) is 10.1 Å². The third-order valence-corrected chi connectivity index (χ3v) is 4.72. The van der Waals surface area contributed by atoms with E-state index in [-0.39, 0.29) is 34.5 Å². The molecule has 1 aliphatic rings. The number of esters is 1. The number of hydrogen-bond donors (Lipinski definition) is 1. The van der Waals surface area contributed by atoms with Crippen LogP contribution in [0.3, 0.4) is 0 Å². The molecular formula is C21H18ClN3O3. The molecule has 0 spiro atoms. The molecule has 3 rings (SSSR count). The molecule has 6 nitrogen and oxygen atoms in total. The van der Waals surface area contributed by atoms with E-state index in [1.165, 1.54) is 6.08 Å². The molecule has 0 saturated carbocycles. The summed E-state index contributed by atoms with van der Waals surface area (Å²) in [6.07, 6.45) is 1.45. The van der Waals surface area contributed by atoms with Gasteiger partial charge in [-0.15, -0.1) is 0 Å². The lowest BCUT2D eigenvalue weighted by Crippen LogP contribution is -2.26. The van der Waals surface area contributed by atoms with E-state index in [4.69, 9.17) is 26.8 Å². The van der Waals surface area contributed by atoms with Gasteiger partial charge in [0.15, 0.2) is 0 Å². The van der Waals surface area contributed by atoms with Gasteiger partial charge in [0.05, 0.1) is 17.0 Å². The summed E-state index contributed by atoms with van der Waals surface area (Å²) in [5, 5.41) is 10.7. The first-order chi connectivity index (χ1) is 13.4. The van der Waals surface area contributed by atoms with Crippen molar-refractivity contribution in [2.24, 2.45) is 5.73 Å². The van der Waals surface area contributed by atoms with E-state index >= 15 is 0 Å². The number of nitrogens with zero attached hydrogens (tertiary/aromatic N) is 2. The van der Waals surface area contributed by atoms with Gasteiger partial charge in [-0.05, 0) is 32.0 Å². The Kier molecular flexibility index (Phi) is 5.39. The van der Waals surface area contributed by atoms with Crippen molar-refractivity contribution in [1.29, 1.82) is 5.26 Å². The summed E-state index contributed by atoms with van der Waals surface area (Å²) in [7, 11) is 0. The van der Waals surface area contributed by atoms with Crippen molar-refractivity contribution in [3.05, 3.63) is 76.0 Å². The van der Waals surface area contributed by atoms with E-state index in [1.54, 1.807) is 6.92 Å². The minimum absolute atomic E-state index is 0.0202. The maximum absolute atomic E-state index is 12.7. The molecule has 2 heterocycles. The van der Waals surface area contributed by atoms with Crippen molar-refractivity contribution < 1.29 is 14.3 Å². The summed E-state index contributed by atoms with van der Waals surface area (Å²) in [5.41, 5.74) is 8.39. The number of pyridine rings is 1. The molecule has 0 amide bonds. The predicted molar refractivity (Wildman–Crippen MR) is 106 cm³/mol. The summed E-state index contributed by atoms with van der Waals surface area (Å²) < 4.78 is 10.6. The van der Waals surface area contributed by atoms with Crippen LogP contribution in [0.15, 0.2) is 59.7 Å². The standard InChI is InChI=1S/C21H18ClN3O3/c1-4-7-27-21(26)17-12(3)28-20(24)15(10-23)18(17)14-9-13-8-11(2)5-6-16(13)25-19(14)22/h4-6,8-9,18H,1,7,24H2,2-3H3/t18-/m1/s1. The second kappa shape index (κ2) is 7.75. The Morgan fingerprint density at radius 2 is 2.21 bits per heavy atom. The lowest BCUT2D eigenvalue weighted by molar-refractivity contribution is -0.138. The lowest BCUT2D eigenvalue weighted by atomic mass is 9.83. The first-order valence-corrected chi connectivity index (χ1v) is 8.88. The Bertz CT molecular complexity index is 1100. The molecule has 0 fully saturated rings. The number of aromatic nitrogens is 1. The molecule has 7 heteroatoms. The van der Waals surface area contributed by atoms with E-state index in [2.05, 4.69) is 11.6 Å². The van der Waals surface area contributed by atoms with Gasteiger partial charge in [0, 0.05) is 10.9 Å². The maximum Gasteiger partial charge on any atom is 0.338 e. The number of fused-ring (bicyclic) bond motifs is 1. The zero-order chi connectivity index (χ0) is 20.4. The quantitative estimate of drug-likeness (QED) is 0.477. The van der Waals surface area contributed by atoms with Crippen molar-refractivity contribution >= 4 is 28.5 Å². The molecule has 1 aromatic carbocycles. The third-order valence-electron chi connectivity index (χ3n) is 4.42. The molecular weight excluding hydrogens is 378 g/mol. The van der Waals surface area contributed by atoms with Crippen LogP contribution in [-0.2, 0) is 14.3 Å². The zero-order valence-electron chi connectivity index (χ0n) is 15.5. The highest BCUT2D eigenvalue weighted by Gasteiger charge is 2.37. The number of nitriles is 1. The minimum Gasteiger partial charge on any atom is -0.458 e. The lowest BCUT2D eigenvalue weighted by Gasteiger charge is -2.27. The maximum atomic E-state index is 12.7. The number of nitrogens with two attached hydrogens (primary N) is 1. The summed E-state index contributed by atoms with van der Waals surface area (Å²) in [6, 6.07) is 9.59. The molecule has 28 heavy (non-hydrogen) atoms. The molecule has 142 valence electrons. The van der Waals surface area contributed by atoms with E-state index in [0.717, 1.165) is 10.9 Å². The average Bonchev–Trinajstić information content (AvgIpc) is 2.65. The number of carbonyl (C=O) groups is 1. The van der Waals surface area contributed by atoms with E-state index in [1.807, 2.05) is 37.3 Å². The normalized spacial score (nSPS) is 16.6. The molecule has 1 aliphatic heterocycles. The Hall–Kier alpha value is -3.30. The number of halogens is 1. The molecule has 0 bridgehead atoms. The Labute approximate surface area is 167 Å². The molecule has 0 unspecified atom stereocenters. The van der Waals surface area contributed by atoms with Gasteiger partial charge in [-0.2, -0.15) is 5.26 Å². The number of rotatable bonds is 4. The van der Waals surface area contributed by atoms with Crippen molar-refractivity contribution in [2.45, 2.75) is 19.8 Å². The van der Waals surface area contributed by atoms with Gasteiger partial charge in [-0.25, -0.2) is 9.78 Å². The second-order valence-electron chi connectivity index (χ2n) is 6.35. The van der Waals surface area contributed by atoms with Crippen LogP contribution in [0, 0.1) is 18.3 Å². The highest BCUT2D eigenvalue weighted by Crippen LogP contribution is 2.42. The van der Waals surface area contributed by atoms with Crippen LogP contribution in [0.4, 0.5) is 0 Å². The summed E-state index contributed by atoms with van der Waals surface area (Å²) in [6.45, 7) is 7.11. The third kappa shape index (κ3) is 3.45. The molecule has 1 aromatic heterocycles. The van der Waals surface area contributed by atoms with Crippen LogP contribution in [0.1, 0.15) is 24.0 Å². The predicted octanol–water partition coefficient (Wildman–Crippen LogP) is 4.01. The number of carbonyl (C=O) groups excluding carboxylic acids is 1. The topological polar surface area (TPSA) is 98.2 Å². The highest BCUT2D eigenvalue weighted by atomic mass is 35.5. The molecule has 1 atom stereocenters. The van der Waals surface area contributed by atoms with Crippen LogP contribution >= 0.6 is 11.6 Å². The first-order valence-electron chi connectivity index (χ1n) is 8.50. The van der Waals surface area contributed by atoms with Crippen LogP contribution < -0.4 is 5.73 Å². The van der Waals surface area contributed by atoms with Crippen LogP contribution in [0.5, 0.6) is 0 Å². The van der Waals surface area contributed by atoms with Gasteiger partial charge < -0.3 is 15.2 Å². The van der Waals surface area contributed by atoms with Crippen LogP contribution in [0.25, 0.3) is 10.9 Å². The second-order valence-corrected chi connectivity index (χ2v) is 6.70. The van der Waals surface area contributed by atoms with Gasteiger partial charge in [0.2, 0.25) is 5.88 Å². The van der Waals surface area contributed by atoms with Crippen molar-refractivity contribution in [1.82, 2.24) is 4.98 Å². The van der Waals surface area contributed by atoms with E-state index in [0.29, 0.717) is 11.1 Å². The average molecular weight is 396 g/mol. The molecule has 2 aromatic rings. The Morgan fingerprint density at radius 3 is 2.89 bits per heavy atom. The summed E-state index contributed by atoms with van der Waals surface area (Å²) >= 11 is 6.45. The Balaban J connectivity index is 2.24. The van der Waals surface area contributed by atoms with Gasteiger partial charge in [-0.3, -0.25) is 0 Å². The van der Waals surface area contributed by atoms with Crippen molar-refractivity contribution in [2.75, 3.05) is 6.61 Å². The zero-order valence-corrected chi connectivity index (χ0v) is 16.2. The molecule has 0 saturated heterocycles. The van der Waals surface area contributed by atoms with Crippen LogP contribution in [-0.4, -0.2) is 17.6 Å². The fourth-order valence-electron chi connectivity index (χ4n) is 3.16. The monoisotopic (exact) mass is 395 g/mol. The molecule has 0 aliphatic carbocycles. The van der Waals surface area contributed by atoms with Crippen molar-refractivity contribution in [3.8, 4) is 6.07 Å². The SMILES string of the molecule is C=CCOC(=O)C1=C(C)OC(N)=C(C#N)[C@H]1c1cc2cc(C)ccc2nc1Cl. The molecule has 0 radical (unpaired) electrons. The van der Waals surface area contributed by atoms with Gasteiger partial charge in [-0.1, -0.05) is 35.9 Å². The van der Waals surface area contributed by atoms with Gasteiger partial charge in [0.25, 0.3) is 0 Å². The highest BCUT2D eigenvalue weighted by molar-refractivity contribution is 6.30. The largest absolute Gasteiger partial charge is 0.458 e. The number of benzene rings is 1. The number of allylic oxidation sites excluding steroid dienone is 2. The first kappa shape index (κ1) is 19.5. The van der Waals surface area contributed by atoms with Crippen molar-refractivity contribution in [3.63, 3.8) is 0 Å². The van der Waals surface area contributed by atoms with Gasteiger partial charge >= 0.3 is 5.97 Å². The van der Waals surface area contributed by atoms with E-state index < -0.39 is 11.9 Å². The minimum atomic E-state index is -0.846. The number of ether oxygens (including phenoxy) is 2. The Morgan fingerprint density at radius 1 is 1.46 bits per heavy atom. The van der Waals surface area contributed by atoms with Crippen LogP contribution in [0.2, 0.25) is 5.15 Å². The molecule has 2 N–H and O–H groups in total. The smallest absolute Gasteiger partial charge is 0.338 e. The summed E-state index contributed by atoms with van der Waals surface area (Å²) in [5.74, 6) is -1.31.